The van der Waals surface area contributed by atoms with Crippen LogP contribution < -0.4 is 15.0 Å². The molecule has 1 heterocycles. The van der Waals surface area contributed by atoms with Crippen LogP contribution >= 0.6 is 15.9 Å². The molecule has 3 rings (SSSR count). The number of hydrogen-bond donors (Lipinski definition) is 1. The summed E-state index contributed by atoms with van der Waals surface area (Å²) in [5, 5.41) is 2.84. The predicted octanol–water partition coefficient (Wildman–Crippen LogP) is 3.59. The standard InChI is InChI=1S/C18H17BrN2O3/c1-18(2)17(23)20-14-5-3-4-6-15(14)21(18)16(22)11-24-13-9-7-12(19)8-10-13/h3-10H,11H2,1-2H3,(H,20,23). The number of ether oxygens (including phenoxy) is 1. The molecule has 0 saturated carbocycles. The van der Waals surface area contributed by atoms with Gasteiger partial charge in [-0.3, -0.25) is 14.5 Å². The molecule has 0 saturated heterocycles. The molecule has 0 bridgehead atoms. The third-order valence-electron chi connectivity index (χ3n) is 3.93. The van der Waals surface area contributed by atoms with Crippen LogP contribution in [0.5, 0.6) is 5.75 Å². The second-order valence-corrected chi connectivity index (χ2v) is 6.92. The zero-order valence-corrected chi connectivity index (χ0v) is 15.0. The summed E-state index contributed by atoms with van der Waals surface area (Å²) in [5.41, 5.74) is 0.305. The molecule has 2 aromatic rings. The molecular formula is C18H17BrN2O3. The molecule has 0 atom stereocenters. The molecule has 5 nitrogen and oxygen atoms in total. The molecule has 124 valence electrons. The highest BCUT2D eigenvalue weighted by Gasteiger charge is 2.43. The highest BCUT2D eigenvalue weighted by molar-refractivity contribution is 9.10. The lowest BCUT2D eigenvalue weighted by molar-refractivity contribution is -0.127. The van der Waals surface area contributed by atoms with Gasteiger partial charge in [0.2, 0.25) is 5.91 Å². The first kappa shape index (κ1) is 16.5. The van der Waals surface area contributed by atoms with Crippen LogP contribution in [0.25, 0.3) is 0 Å². The van der Waals surface area contributed by atoms with Crippen molar-refractivity contribution in [2.24, 2.45) is 0 Å². The minimum Gasteiger partial charge on any atom is -0.484 e. The molecule has 2 amide bonds. The summed E-state index contributed by atoms with van der Waals surface area (Å²) < 4.78 is 6.51. The summed E-state index contributed by atoms with van der Waals surface area (Å²) in [7, 11) is 0. The lowest BCUT2D eigenvalue weighted by Crippen LogP contribution is -2.59. The summed E-state index contributed by atoms with van der Waals surface area (Å²) in [6, 6.07) is 14.5. The first-order valence-electron chi connectivity index (χ1n) is 7.51. The Balaban J connectivity index is 1.84. The number of nitrogens with one attached hydrogen (secondary N) is 1. The fourth-order valence-corrected chi connectivity index (χ4v) is 2.90. The summed E-state index contributed by atoms with van der Waals surface area (Å²) in [4.78, 5) is 26.6. The van der Waals surface area contributed by atoms with Crippen LogP contribution in [0, 0.1) is 0 Å². The van der Waals surface area contributed by atoms with Gasteiger partial charge in [-0.25, -0.2) is 0 Å². The van der Waals surface area contributed by atoms with Gasteiger partial charge in [-0.15, -0.1) is 0 Å². The Morgan fingerprint density at radius 3 is 2.54 bits per heavy atom. The molecule has 0 fully saturated rings. The average molecular weight is 389 g/mol. The Labute approximate surface area is 148 Å². The monoisotopic (exact) mass is 388 g/mol. The van der Waals surface area contributed by atoms with Gasteiger partial charge in [-0.05, 0) is 50.2 Å². The maximum atomic E-state index is 12.8. The number of rotatable bonds is 3. The lowest BCUT2D eigenvalue weighted by Gasteiger charge is -2.41. The van der Waals surface area contributed by atoms with Crippen molar-refractivity contribution in [2.75, 3.05) is 16.8 Å². The first-order valence-corrected chi connectivity index (χ1v) is 8.31. The van der Waals surface area contributed by atoms with E-state index in [1.165, 1.54) is 4.90 Å². The van der Waals surface area contributed by atoms with Crippen molar-refractivity contribution in [1.82, 2.24) is 0 Å². The Hall–Kier alpha value is -2.34. The van der Waals surface area contributed by atoms with E-state index >= 15 is 0 Å². The van der Waals surface area contributed by atoms with Crippen LogP contribution in [0.3, 0.4) is 0 Å². The quantitative estimate of drug-likeness (QED) is 0.873. The average Bonchev–Trinajstić information content (AvgIpc) is 2.55. The maximum Gasteiger partial charge on any atom is 0.265 e. The summed E-state index contributed by atoms with van der Waals surface area (Å²) in [5.74, 6) is 0.0995. The molecule has 1 aliphatic rings. The zero-order valence-electron chi connectivity index (χ0n) is 13.4. The third-order valence-corrected chi connectivity index (χ3v) is 4.46. The van der Waals surface area contributed by atoms with E-state index in [9.17, 15) is 9.59 Å². The van der Waals surface area contributed by atoms with Crippen LogP contribution in [0.2, 0.25) is 0 Å². The normalized spacial score (nSPS) is 15.5. The highest BCUT2D eigenvalue weighted by atomic mass is 79.9. The molecule has 2 aromatic carbocycles. The Kier molecular flexibility index (Phi) is 4.32. The van der Waals surface area contributed by atoms with Crippen molar-refractivity contribution in [3.63, 3.8) is 0 Å². The summed E-state index contributed by atoms with van der Waals surface area (Å²) >= 11 is 3.35. The molecule has 0 radical (unpaired) electrons. The van der Waals surface area contributed by atoms with Gasteiger partial charge in [-0.2, -0.15) is 0 Å². The second-order valence-electron chi connectivity index (χ2n) is 6.00. The molecule has 1 aliphatic heterocycles. The van der Waals surface area contributed by atoms with Crippen LogP contribution in [0.1, 0.15) is 13.8 Å². The Morgan fingerprint density at radius 1 is 1.17 bits per heavy atom. The fraction of sp³-hybridized carbons (Fsp3) is 0.222. The van der Waals surface area contributed by atoms with Crippen molar-refractivity contribution in [3.8, 4) is 5.75 Å². The predicted molar refractivity (Wildman–Crippen MR) is 96.3 cm³/mol. The smallest absolute Gasteiger partial charge is 0.265 e. The number of amides is 2. The van der Waals surface area contributed by atoms with Gasteiger partial charge in [0.15, 0.2) is 6.61 Å². The number of nitrogens with zero attached hydrogens (tertiary/aromatic N) is 1. The van der Waals surface area contributed by atoms with E-state index < -0.39 is 5.54 Å². The maximum absolute atomic E-state index is 12.8. The number of carbonyl (C=O) groups is 2. The van der Waals surface area contributed by atoms with Crippen molar-refractivity contribution < 1.29 is 14.3 Å². The fourth-order valence-electron chi connectivity index (χ4n) is 2.64. The number of para-hydroxylation sites is 2. The minimum atomic E-state index is -0.992. The SMILES string of the molecule is CC1(C)C(=O)Nc2ccccc2N1C(=O)COc1ccc(Br)cc1. The number of hydrogen-bond acceptors (Lipinski definition) is 3. The van der Waals surface area contributed by atoms with Gasteiger partial charge < -0.3 is 10.1 Å². The van der Waals surface area contributed by atoms with E-state index in [2.05, 4.69) is 21.2 Å². The number of halogens is 1. The van der Waals surface area contributed by atoms with E-state index in [4.69, 9.17) is 4.74 Å². The molecule has 1 N–H and O–H groups in total. The van der Waals surface area contributed by atoms with Crippen molar-refractivity contribution in [1.29, 1.82) is 0 Å². The molecule has 0 aromatic heterocycles. The van der Waals surface area contributed by atoms with Gasteiger partial charge in [-0.1, -0.05) is 28.1 Å². The van der Waals surface area contributed by atoms with Crippen molar-refractivity contribution in [3.05, 3.63) is 53.0 Å². The highest BCUT2D eigenvalue weighted by Crippen LogP contribution is 2.36. The van der Waals surface area contributed by atoms with Gasteiger partial charge in [0.05, 0.1) is 11.4 Å². The van der Waals surface area contributed by atoms with Crippen molar-refractivity contribution >= 4 is 39.1 Å². The van der Waals surface area contributed by atoms with Crippen LogP contribution in [-0.4, -0.2) is 24.0 Å². The van der Waals surface area contributed by atoms with E-state index in [0.29, 0.717) is 17.1 Å². The summed E-state index contributed by atoms with van der Waals surface area (Å²) in [6.07, 6.45) is 0. The van der Waals surface area contributed by atoms with Crippen molar-refractivity contribution in [2.45, 2.75) is 19.4 Å². The second kappa shape index (κ2) is 6.28. The third kappa shape index (κ3) is 3.01. The largest absolute Gasteiger partial charge is 0.484 e. The topological polar surface area (TPSA) is 58.6 Å². The van der Waals surface area contributed by atoms with E-state index in [0.717, 1.165) is 4.47 Å². The van der Waals surface area contributed by atoms with Gasteiger partial charge >= 0.3 is 0 Å². The van der Waals surface area contributed by atoms with Gasteiger partial charge in [0.25, 0.3) is 5.91 Å². The Morgan fingerprint density at radius 2 is 1.83 bits per heavy atom. The number of anilines is 2. The number of fused-ring (bicyclic) bond motifs is 1. The van der Waals surface area contributed by atoms with E-state index in [-0.39, 0.29) is 18.4 Å². The van der Waals surface area contributed by atoms with Crippen LogP contribution in [0.4, 0.5) is 11.4 Å². The van der Waals surface area contributed by atoms with Crippen LogP contribution in [0.15, 0.2) is 53.0 Å². The van der Waals surface area contributed by atoms with Gasteiger partial charge in [0.1, 0.15) is 11.3 Å². The zero-order chi connectivity index (χ0) is 17.3. The van der Waals surface area contributed by atoms with E-state index in [1.54, 1.807) is 32.0 Å². The lowest BCUT2D eigenvalue weighted by atomic mass is 9.96. The molecule has 0 spiro atoms. The number of carbonyl (C=O) groups excluding carboxylic acids is 2. The minimum absolute atomic E-state index is 0.146. The number of benzene rings is 2. The molecule has 0 unspecified atom stereocenters. The van der Waals surface area contributed by atoms with Gasteiger partial charge in [0, 0.05) is 4.47 Å². The molecule has 0 aliphatic carbocycles. The van der Waals surface area contributed by atoms with E-state index in [1.807, 2.05) is 30.3 Å². The molecule has 6 heteroatoms. The van der Waals surface area contributed by atoms with Crippen LogP contribution in [-0.2, 0) is 9.59 Å². The first-order chi connectivity index (χ1) is 11.4. The molecular weight excluding hydrogens is 372 g/mol. The molecule has 24 heavy (non-hydrogen) atoms. The Bertz CT molecular complexity index is 787. The summed E-state index contributed by atoms with van der Waals surface area (Å²) in [6.45, 7) is 3.29.